The van der Waals surface area contributed by atoms with Crippen LogP contribution in [0.2, 0.25) is 0 Å². The SMILES string of the molecule is CCC1(CC)Cc2cc(-c3cccc(OC(C)C)c3)ccc2C1NC(=O)O. The van der Waals surface area contributed by atoms with Gasteiger partial charge in [-0.1, -0.05) is 44.2 Å². The molecule has 0 bridgehead atoms. The minimum Gasteiger partial charge on any atom is -0.491 e. The molecule has 2 N–H and O–H groups in total. The molecule has 1 unspecified atom stereocenters. The number of benzene rings is 2. The Morgan fingerprint density at radius 3 is 2.52 bits per heavy atom. The summed E-state index contributed by atoms with van der Waals surface area (Å²) in [6, 6.07) is 14.4. The molecule has 144 valence electrons. The number of hydrogen-bond donors (Lipinski definition) is 2. The van der Waals surface area contributed by atoms with Gasteiger partial charge in [-0.15, -0.1) is 0 Å². The van der Waals surface area contributed by atoms with E-state index in [1.807, 2.05) is 26.0 Å². The van der Waals surface area contributed by atoms with E-state index in [-0.39, 0.29) is 17.6 Å². The Balaban J connectivity index is 1.98. The Labute approximate surface area is 161 Å². The molecular formula is C23H29NO3. The van der Waals surface area contributed by atoms with Crippen LogP contribution in [0.1, 0.15) is 57.7 Å². The third kappa shape index (κ3) is 3.80. The normalized spacial score (nSPS) is 17.6. The number of fused-ring (bicyclic) bond motifs is 1. The fourth-order valence-corrected chi connectivity index (χ4v) is 4.31. The Morgan fingerprint density at radius 2 is 1.89 bits per heavy atom. The second kappa shape index (κ2) is 7.63. The van der Waals surface area contributed by atoms with Gasteiger partial charge in [0.05, 0.1) is 12.1 Å². The average molecular weight is 367 g/mol. The third-order valence-corrected chi connectivity index (χ3v) is 5.82. The molecule has 1 atom stereocenters. The van der Waals surface area contributed by atoms with Gasteiger partial charge in [-0.05, 0) is 72.9 Å². The van der Waals surface area contributed by atoms with Gasteiger partial charge in [0.25, 0.3) is 0 Å². The minimum absolute atomic E-state index is 0.0536. The molecule has 0 saturated heterocycles. The lowest BCUT2D eigenvalue weighted by Crippen LogP contribution is -2.37. The number of nitrogens with one attached hydrogen (secondary N) is 1. The van der Waals surface area contributed by atoms with Crippen LogP contribution in [-0.4, -0.2) is 17.3 Å². The van der Waals surface area contributed by atoms with E-state index in [9.17, 15) is 9.90 Å². The first kappa shape index (κ1) is 19.3. The van der Waals surface area contributed by atoms with Crippen molar-refractivity contribution >= 4 is 6.09 Å². The molecule has 2 aromatic carbocycles. The second-order valence-electron chi connectivity index (χ2n) is 7.74. The zero-order valence-corrected chi connectivity index (χ0v) is 16.6. The molecule has 0 heterocycles. The van der Waals surface area contributed by atoms with Gasteiger partial charge in [0, 0.05) is 0 Å². The maximum absolute atomic E-state index is 11.4. The topological polar surface area (TPSA) is 58.6 Å². The van der Waals surface area contributed by atoms with E-state index in [1.54, 1.807) is 0 Å². The number of ether oxygens (including phenoxy) is 1. The van der Waals surface area contributed by atoms with Crippen LogP contribution in [0.4, 0.5) is 4.79 Å². The zero-order valence-electron chi connectivity index (χ0n) is 16.6. The molecule has 0 radical (unpaired) electrons. The summed E-state index contributed by atoms with van der Waals surface area (Å²) in [5, 5.41) is 12.1. The van der Waals surface area contributed by atoms with Crippen molar-refractivity contribution in [3.8, 4) is 16.9 Å². The zero-order chi connectivity index (χ0) is 19.6. The number of amides is 1. The van der Waals surface area contributed by atoms with E-state index < -0.39 is 6.09 Å². The van der Waals surface area contributed by atoms with Gasteiger partial charge in [-0.3, -0.25) is 0 Å². The van der Waals surface area contributed by atoms with Crippen LogP contribution < -0.4 is 10.1 Å². The quantitative estimate of drug-likeness (QED) is 0.677. The molecular weight excluding hydrogens is 338 g/mol. The Hall–Kier alpha value is -2.49. The van der Waals surface area contributed by atoms with Crippen molar-refractivity contribution < 1.29 is 14.6 Å². The van der Waals surface area contributed by atoms with E-state index in [0.29, 0.717) is 0 Å². The van der Waals surface area contributed by atoms with Crippen LogP contribution in [0.15, 0.2) is 42.5 Å². The molecule has 2 aromatic rings. The molecule has 0 aromatic heterocycles. The first-order chi connectivity index (χ1) is 12.9. The summed E-state index contributed by atoms with van der Waals surface area (Å²) in [5.74, 6) is 0.866. The van der Waals surface area contributed by atoms with E-state index in [1.165, 1.54) is 5.56 Å². The summed E-state index contributed by atoms with van der Waals surface area (Å²) in [6.07, 6.45) is 1.96. The van der Waals surface area contributed by atoms with Crippen molar-refractivity contribution in [3.63, 3.8) is 0 Å². The fraction of sp³-hybridized carbons (Fsp3) is 0.435. The van der Waals surface area contributed by atoms with Crippen molar-refractivity contribution in [2.24, 2.45) is 5.41 Å². The maximum Gasteiger partial charge on any atom is 0.405 e. The molecule has 0 spiro atoms. The molecule has 1 aliphatic rings. The molecule has 0 saturated carbocycles. The number of carboxylic acid groups (broad SMARTS) is 1. The molecule has 1 aliphatic carbocycles. The monoisotopic (exact) mass is 367 g/mol. The average Bonchev–Trinajstić information content (AvgIpc) is 2.94. The lowest BCUT2D eigenvalue weighted by molar-refractivity contribution is 0.157. The number of rotatable bonds is 6. The van der Waals surface area contributed by atoms with Crippen LogP contribution in [0, 0.1) is 5.41 Å². The van der Waals surface area contributed by atoms with Crippen LogP contribution in [0.5, 0.6) is 5.75 Å². The Morgan fingerprint density at radius 1 is 1.19 bits per heavy atom. The van der Waals surface area contributed by atoms with E-state index in [4.69, 9.17) is 4.74 Å². The van der Waals surface area contributed by atoms with Gasteiger partial charge in [0.2, 0.25) is 0 Å². The summed E-state index contributed by atoms with van der Waals surface area (Å²) in [7, 11) is 0. The van der Waals surface area contributed by atoms with Crippen LogP contribution in [0.3, 0.4) is 0 Å². The van der Waals surface area contributed by atoms with Gasteiger partial charge >= 0.3 is 6.09 Å². The van der Waals surface area contributed by atoms with E-state index >= 15 is 0 Å². The number of hydrogen-bond acceptors (Lipinski definition) is 2. The predicted octanol–water partition coefficient (Wildman–Crippen LogP) is 5.81. The summed E-state index contributed by atoms with van der Waals surface area (Å²) in [6.45, 7) is 8.35. The maximum atomic E-state index is 11.4. The van der Waals surface area contributed by atoms with Gasteiger partial charge in [0.1, 0.15) is 5.75 Å². The molecule has 1 amide bonds. The highest BCUT2D eigenvalue weighted by Gasteiger charge is 2.44. The van der Waals surface area contributed by atoms with Crippen molar-refractivity contribution in [3.05, 3.63) is 53.6 Å². The molecule has 0 fully saturated rings. The lowest BCUT2D eigenvalue weighted by Gasteiger charge is -2.33. The first-order valence-corrected chi connectivity index (χ1v) is 9.78. The van der Waals surface area contributed by atoms with Gasteiger partial charge < -0.3 is 15.2 Å². The van der Waals surface area contributed by atoms with Crippen LogP contribution in [-0.2, 0) is 6.42 Å². The highest BCUT2D eigenvalue weighted by Crippen LogP contribution is 2.50. The van der Waals surface area contributed by atoms with Gasteiger partial charge in [0.15, 0.2) is 0 Å². The summed E-state index contributed by atoms with van der Waals surface area (Å²) in [5.41, 5.74) is 4.55. The fourth-order valence-electron chi connectivity index (χ4n) is 4.31. The first-order valence-electron chi connectivity index (χ1n) is 9.78. The Bertz CT molecular complexity index is 824. The van der Waals surface area contributed by atoms with Crippen molar-refractivity contribution in [2.75, 3.05) is 0 Å². The molecule has 4 nitrogen and oxygen atoms in total. The lowest BCUT2D eigenvalue weighted by atomic mass is 9.76. The van der Waals surface area contributed by atoms with Crippen LogP contribution >= 0.6 is 0 Å². The highest BCUT2D eigenvalue weighted by molar-refractivity contribution is 5.69. The van der Waals surface area contributed by atoms with Crippen molar-refractivity contribution in [1.82, 2.24) is 5.32 Å². The van der Waals surface area contributed by atoms with Crippen LogP contribution in [0.25, 0.3) is 11.1 Å². The predicted molar refractivity (Wildman–Crippen MR) is 108 cm³/mol. The standard InChI is InChI=1S/C23H29NO3/c1-5-23(6-2)14-18-12-17(10-11-20(18)21(23)24-22(25)26)16-8-7-9-19(13-16)27-15(3)4/h7-13,15,21,24H,5-6,14H2,1-4H3,(H,25,26). The molecule has 27 heavy (non-hydrogen) atoms. The van der Waals surface area contributed by atoms with E-state index in [2.05, 4.69) is 49.5 Å². The van der Waals surface area contributed by atoms with Gasteiger partial charge in [-0.2, -0.15) is 0 Å². The number of carbonyl (C=O) groups is 1. The largest absolute Gasteiger partial charge is 0.491 e. The second-order valence-corrected chi connectivity index (χ2v) is 7.74. The minimum atomic E-state index is -0.957. The van der Waals surface area contributed by atoms with Crippen molar-refractivity contribution in [1.29, 1.82) is 0 Å². The Kier molecular flexibility index (Phi) is 5.45. The molecule has 4 heteroatoms. The summed E-state index contributed by atoms with van der Waals surface area (Å²) >= 11 is 0. The highest BCUT2D eigenvalue weighted by atomic mass is 16.5. The van der Waals surface area contributed by atoms with Gasteiger partial charge in [-0.25, -0.2) is 4.79 Å². The third-order valence-electron chi connectivity index (χ3n) is 5.82. The van der Waals surface area contributed by atoms with E-state index in [0.717, 1.165) is 41.7 Å². The smallest absolute Gasteiger partial charge is 0.405 e. The summed E-state index contributed by atoms with van der Waals surface area (Å²) in [4.78, 5) is 11.4. The van der Waals surface area contributed by atoms with Crippen molar-refractivity contribution in [2.45, 2.75) is 59.1 Å². The summed E-state index contributed by atoms with van der Waals surface area (Å²) < 4.78 is 5.82. The molecule has 3 rings (SSSR count). The molecule has 0 aliphatic heterocycles.